The van der Waals surface area contributed by atoms with Crippen LogP contribution in [0.5, 0.6) is 0 Å². The summed E-state index contributed by atoms with van der Waals surface area (Å²) in [5, 5.41) is 10.4. The number of carbonyl (C=O) groups excluding carboxylic acids is 1. The molecule has 0 saturated carbocycles. The summed E-state index contributed by atoms with van der Waals surface area (Å²) in [6.45, 7) is 3.64. The Morgan fingerprint density at radius 3 is 2.78 bits per heavy atom. The molecule has 0 unspecified atom stereocenters. The van der Waals surface area contributed by atoms with E-state index in [0.29, 0.717) is 10.8 Å². The van der Waals surface area contributed by atoms with Crippen LogP contribution in [-0.4, -0.2) is 30.6 Å². The van der Waals surface area contributed by atoms with E-state index in [1.165, 1.54) is 6.26 Å². The van der Waals surface area contributed by atoms with E-state index in [1.54, 1.807) is 42.2 Å². The summed E-state index contributed by atoms with van der Waals surface area (Å²) < 4.78 is 21.3. The number of rotatable bonds is 6. The third-order valence-electron chi connectivity index (χ3n) is 4.72. The molecule has 0 aliphatic heterocycles. The summed E-state index contributed by atoms with van der Waals surface area (Å²) in [6.07, 6.45) is 3.78. The fourth-order valence-corrected chi connectivity index (χ4v) is 3.18. The van der Waals surface area contributed by atoms with Gasteiger partial charge in [0.25, 0.3) is 5.89 Å². The molecule has 32 heavy (non-hydrogen) atoms. The first-order chi connectivity index (χ1) is 15.2. The minimum absolute atomic E-state index is 0.0590. The molecule has 0 saturated heterocycles. The standard InChI is InChI=1S/C21H19ClFN7O2/c1-21(2,12-5-4-6-13(22)9-12)29-18(31)19-26-15(11-32-19)17-14(23)10-24-20(28-17)27-16-7-8-25-30(16)3/h4-11H,1-3H3,(H,29,31)(H,24,27,28). The number of benzene rings is 1. The lowest BCUT2D eigenvalue weighted by Gasteiger charge is -2.26. The summed E-state index contributed by atoms with van der Waals surface area (Å²) in [5.41, 5.74) is -0.000136. The predicted octanol–water partition coefficient (Wildman–Crippen LogP) is 4.07. The zero-order valence-electron chi connectivity index (χ0n) is 17.4. The van der Waals surface area contributed by atoms with Crippen molar-refractivity contribution >= 4 is 29.3 Å². The lowest BCUT2D eigenvalue weighted by Crippen LogP contribution is -2.41. The van der Waals surface area contributed by atoms with Crippen molar-refractivity contribution in [3.05, 3.63) is 71.3 Å². The first-order valence-corrected chi connectivity index (χ1v) is 9.93. The van der Waals surface area contributed by atoms with Crippen molar-refractivity contribution in [3.8, 4) is 11.4 Å². The molecule has 0 fully saturated rings. The summed E-state index contributed by atoms with van der Waals surface area (Å²) in [6, 6.07) is 8.86. The second kappa shape index (κ2) is 8.39. The Bertz CT molecular complexity index is 1280. The van der Waals surface area contributed by atoms with Crippen molar-refractivity contribution < 1.29 is 13.6 Å². The van der Waals surface area contributed by atoms with Crippen LogP contribution >= 0.6 is 11.6 Å². The van der Waals surface area contributed by atoms with E-state index in [-0.39, 0.29) is 23.2 Å². The third kappa shape index (κ3) is 4.45. The van der Waals surface area contributed by atoms with Crippen LogP contribution in [0.1, 0.15) is 30.1 Å². The van der Waals surface area contributed by atoms with E-state index >= 15 is 0 Å². The zero-order chi connectivity index (χ0) is 22.9. The highest BCUT2D eigenvalue weighted by Gasteiger charge is 2.27. The van der Waals surface area contributed by atoms with Crippen LogP contribution in [0.4, 0.5) is 16.2 Å². The molecule has 0 spiro atoms. The van der Waals surface area contributed by atoms with Crippen molar-refractivity contribution in [2.75, 3.05) is 5.32 Å². The number of nitrogens with one attached hydrogen (secondary N) is 2. The monoisotopic (exact) mass is 455 g/mol. The van der Waals surface area contributed by atoms with Gasteiger partial charge in [-0.05, 0) is 31.5 Å². The minimum Gasteiger partial charge on any atom is -0.440 e. The molecule has 0 bridgehead atoms. The van der Waals surface area contributed by atoms with Crippen LogP contribution in [0.2, 0.25) is 5.02 Å². The number of nitrogens with zero attached hydrogens (tertiary/aromatic N) is 5. The number of oxazole rings is 1. The van der Waals surface area contributed by atoms with E-state index < -0.39 is 17.3 Å². The molecule has 3 aromatic heterocycles. The van der Waals surface area contributed by atoms with Crippen molar-refractivity contribution in [1.29, 1.82) is 0 Å². The van der Waals surface area contributed by atoms with Crippen LogP contribution in [-0.2, 0) is 12.6 Å². The fraction of sp³-hybridized carbons (Fsp3) is 0.190. The second-order valence-electron chi connectivity index (χ2n) is 7.48. The lowest BCUT2D eigenvalue weighted by molar-refractivity contribution is 0.0876. The van der Waals surface area contributed by atoms with Gasteiger partial charge in [0.15, 0.2) is 5.82 Å². The van der Waals surface area contributed by atoms with E-state index in [4.69, 9.17) is 16.0 Å². The Balaban J connectivity index is 1.55. The van der Waals surface area contributed by atoms with Gasteiger partial charge >= 0.3 is 5.91 Å². The average Bonchev–Trinajstić information content (AvgIpc) is 3.39. The van der Waals surface area contributed by atoms with Crippen molar-refractivity contribution in [2.24, 2.45) is 7.05 Å². The molecular formula is C21H19ClFN7O2. The predicted molar refractivity (Wildman–Crippen MR) is 116 cm³/mol. The summed E-state index contributed by atoms with van der Waals surface area (Å²) >= 11 is 6.06. The molecule has 0 atom stereocenters. The highest BCUT2D eigenvalue weighted by Crippen LogP contribution is 2.25. The number of amides is 1. The topological polar surface area (TPSA) is 111 Å². The Hall–Kier alpha value is -3.79. The van der Waals surface area contributed by atoms with Gasteiger partial charge in [-0.2, -0.15) is 5.10 Å². The van der Waals surface area contributed by atoms with Crippen molar-refractivity contribution in [3.63, 3.8) is 0 Å². The van der Waals surface area contributed by atoms with Gasteiger partial charge in [-0.25, -0.2) is 19.3 Å². The number of aromatic nitrogens is 5. The molecule has 4 rings (SSSR count). The number of hydrogen-bond donors (Lipinski definition) is 2. The van der Waals surface area contributed by atoms with Gasteiger partial charge in [0.2, 0.25) is 5.95 Å². The first kappa shape index (κ1) is 21.4. The number of halogens is 2. The summed E-state index contributed by atoms with van der Waals surface area (Å²) in [7, 11) is 1.74. The molecule has 164 valence electrons. The highest BCUT2D eigenvalue weighted by atomic mass is 35.5. The molecule has 2 N–H and O–H groups in total. The molecule has 11 heteroatoms. The van der Waals surface area contributed by atoms with Crippen LogP contribution < -0.4 is 10.6 Å². The van der Waals surface area contributed by atoms with Gasteiger partial charge in [0.05, 0.1) is 17.9 Å². The van der Waals surface area contributed by atoms with Gasteiger partial charge in [-0.15, -0.1) is 0 Å². The molecule has 3 heterocycles. The highest BCUT2D eigenvalue weighted by molar-refractivity contribution is 6.30. The van der Waals surface area contributed by atoms with Crippen LogP contribution in [0.25, 0.3) is 11.4 Å². The molecule has 4 aromatic rings. The Morgan fingerprint density at radius 2 is 2.06 bits per heavy atom. The number of anilines is 2. The maximum atomic E-state index is 14.4. The Labute approximate surface area is 187 Å². The molecule has 0 radical (unpaired) electrons. The van der Waals surface area contributed by atoms with Gasteiger partial charge in [-0.3, -0.25) is 9.48 Å². The Morgan fingerprint density at radius 1 is 1.25 bits per heavy atom. The van der Waals surface area contributed by atoms with E-state index in [0.717, 1.165) is 11.8 Å². The van der Waals surface area contributed by atoms with Gasteiger partial charge in [0, 0.05) is 18.1 Å². The summed E-state index contributed by atoms with van der Waals surface area (Å²) in [4.78, 5) is 24.9. The SMILES string of the molecule is Cn1nccc1Nc1ncc(F)c(-c2coc(C(=O)NC(C)(C)c3cccc(Cl)c3)n2)n1. The lowest BCUT2D eigenvalue weighted by atomic mass is 9.94. The van der Waals surface area contributed by atoms with Gasteiger partial charge in [0.1, 0.15) is 23.5 Å². The van der Waals surface area contributed by atoms with Crippen LogP contribution in [0.3, 0.4) is 0 Å². The third-order valence-corrected chi connectivity index (χ3v) is 4.95. The second-order valence-corrected chi connectivity index (χ2v) is 7.92. The maximum absolute atomic E-state index is 14.4. The molecule has 1 amide bonds. The number of aryl methyl sites for hydroxylation is 1. The quantitative estimate of drug-likeness (QED) is 0.451. The van der Waals surface area contributed by atoms with Gasteiger partial charge < -0.3 is 15.1 Å². The van der Waals surface area contributed by atoms with E-state index in [9.17, 15) is 9.18 Å². The van der Waals surface area contributed by atoms with Crippen molar-refractivity contribution in [2.45, 2.75) is 19.4 Å². The van der Waals surface area contributed by atoms with E-state index in [1.807, 2.05) is 19.9 Å². The van der Waals surface area contributed by atoms with E-state index in [2.05, 4.69) is 30.7 Å². The maximum Gasteiger partial charge on any atom is 0.307 e. The minimum atomic E-state index is -0.753. The molecule has 0 aliphatic rings. The van der Waals surface area contributed by atoms with Gasteiger partial charge in [-0.1, -0.05) is 23.7 Å². The fourth-order valence-electron chi connectivity index (χ4n) is 2.99. The largest absolute Gasteiger partial charge is 0.440 e. The molecule has 1 aromatic carbocycles. The first-order valence-electron chi connectivity index (χ1n) is 9.55. The Kier molecular flexibility index (Phi) is 5.62. The van der Waals surface area contributed by atoms with Crippen LogP contribution in [0, 0.1) is 5.82 Å². The van der Waals surface area contributed by atoms with Crippen molar-refractivity contribution in [1.82, 2.24) is 30.0 Å². The zero-order valence-corrected chi connectivity index (χ0v) is 18.2. The molecule has 0 aliphatic carbocycles. The normalized spacial score (nSPS) is 11.4. The van der Waals surface area contributed by atoms with Crippen LogP contribution in [0.15, 0.2) is 53.4 Å². The molecular weight excluding hydrogens is 437 g/mol. The smallest absolute Gasteiger partial charge is 0.307 e. The average molecular weight is 456 g/mol. The number of hydrogen-bond acceptors (Lipinski definition) is 7. The number of carbonyl (C=O) groups is 1. The summed E-state index contributed by atoms with van der Waals surface area (Å²) in [5.74, 6) is -0.745. The molecule has 9 nitrogen and oxygen atoms in total.